The summed E-state index contributed by atoms with van der Waals surface area (Å²) in [6, 6.07) is 11.5. The number of carbonyl (C=O) groups excluding carboxylic acids is 1. The van der Waals surface area contributed by atoms with E-state index < -0.39 is 0 Å². The Kier molecular flexibility index (Phi) is 4.39. The van der Waals surface area contributed by atoms with Crippen molar-refractivity contribution in [2.45, 2.75) is 13.0 Å². The van der Waals surface area contributed by atoms with Gasteiger partial charge in [0.1, 0.15) is 0 Å². The van der Waals surface area contributed by atoms with Crippen LogP contribution in [0.15, 0.2) is 41.8 Å². The average molecular weight is 280 g/mol. The summed E-state index contributed by atoms with van der Waals surface area (Å²) < 4.78 is 0. The molecule has 1 amide bonds. The number of benzene rings is 1. The smallest absolute Gasteiger partial charge is 0.227 e. The van der Waals surface area contributed by atoms with E-state index in [1.165, 1.54) is 4.88 Å². The predicted octanol–water partition coefficient (Wildman–Crippen LogP) is 3.60. The Balaban J connectivity index is 1.98. The van der Waals surface area contributed by atoms with E-state index in [9.17, 15) is 4.79 Å². The van der Waals surface area contributed by atoms with Gasteiger partial charge in [-0.25, -0.2) is 0 Å². The Bertz CT molecular complexity index is 524. The molecular formula is C14H14ClNOS. The summed E-state index contributed by atoms with van der Waals surface area (Å²) in [5, 5.41) is 2.66. The zero-order valence-corrected chi connectivity index (χ0v) is 11.7. The highest BCUT2D eigenvalue weighted by molar-refractivity contribution is 7.09. The van der Waals surface area contributed by atoms with Gasteiger partial charge in [0.05, 0.1) is 13.0 Å². The molecule has 4 heteroatoms. The van der Waals surface area contributed by atoms with E-state index in [2.05, 4.69) is 0 Å². The molecule has 0 radical (unpaired) electrons. The van der Waals surface area contributed by atoms with Crippen LogP contribution in [0.3, 0.4) is 0 Å². The Morgan fingerprint density at radius 3 is 2.72 bits per heavy atom. The molecule has 1 heterocycles. The molecule has 0 bridgehead atoms. The highest BCUT2D eigenvalue weighted by Crippen LogP contribution is 2.17. The summed E-state index contributed by atoms with van der Waals surface area (Å²) in [6.45, 7) is 0.654. The summed E-state index contributed by atoms with van der Waals surface area (Å²) >= 11 is 7.71. The Morgan fingerprint density at radius 2 is 2.06 bits per heavy atom. The van der Waals surface area contributed by atoms with E-state index in [0.717, 1.165) is 5.56 Å². The molecular weight excluding hydrogens is 266 g/mol. The van der Waals surface area contributed by atoms with Crippen molar-refractivity contribution in [3.05, 3.63) is 57.2 Å². The number of nitrogens with zero attached hydrogens (tertiary/aromatic N) is 1. The van der Waals surface area contributed by atoms with Crippen molar-refractivity contribution in [1.82, 2.24) is 4.90 Å². The van der Waals surface area contributed by atoms with Gasteiger partial charge in [-0.2, -0.15) is 0 Å². The first-order valence-corrected chi connectivity index (χ1v) is 6.92. The normalized spacial score (nSPS) is 10.3. The lowest BCUT2D eigenvalue weighted by Crippen LogP contribution is -2.27. The first-order chi connectivity index (χ1) is 8.66. The Morgan fingerprint density at radius 1 is 1.28 bits per heavy atom. The summed E-state index contributed by atoms with van der Waals surface area (Å²) in [4.78, 5) is 15.0. The van der Waals surface area contributed by atoms with Crippen molar-refractivity contribution in [2.24, 2.45) is 0 Å². The molecule has 0 spiro atoms. The van der Waals surface area contributed by atoms with Crippen LogP contribution in [-0.2, 0) is 17.8 Å². The van der Waals surface area contributed by atoms with E-state index in [1.54, 1.807) is 16.2 Å². The second-order valence-corrected chi connectivity index (χ2v) is 5.54. The third-order valence-corrected chi connectivity index (χ3v) is 3.93. The van der Waals surface area contributed by atoms with Crippen molar-refractivity contribution in [3.63, 3.8) is 0 Å². The first kappa shape index (κ1) is 13.1. The van der Waals surface area contributed by atoms with E-state index in [4.69, 9.17) is 11.6 Å². The van der Waals surface area contributed by atoms with Gasteiger partial charge in [-0.05, 0) is 23.1 Å². The minimum Gasteiger partial charge on any atom is -0.340 e. The molecule has 0 unspecified atom stereocenters. The molecule has 18 heavy (non-hydrogen) atoms. The van der Waals surface area contributed by atoms with E-state index in [-0.39, 0.29) is 5.91 Å². The van der Waals surface area contributed by atoms with Gasteiger partial charge in [-0.15, -0.1) is 11.3 Å². The number of hydrogen-bond donors (Lipinski definition) is 0. The summed E-state index contributed by atoms with van der Waals surface area (Å²) in [6.07, 6.45) is 0.349. The number of likely N-dealkylation sites (N-methyl/N-ethyl adjacent to an activating group) is 1. The minimum absolute atomic E-state index is 0.0801. The van der Waals surface area contributed by atoms with Crippen molar-refractivity contribution >= 4 is 28.8 Å². The van der Waals surface area contributed by atoms with E-state index in [0.29, 0.717) is 18.0 Å². The maximum absolute atomic E-state index is 12.1. The van der Waals surface area contributed by atoms with Gasteiger partial charge in [0.15, 0.2) is 0 Å². The monoisotopic (exact) mass is 279 g/mol. The molecule has 94 valence electrons. The lowest BCUT2D eigenvalue weighted by molar-refractivity contribution is -0.129. The lowest BCUT2D eigenvalue weighted by atomic mass is 10.1. The maximum Gasteiger partial charge on any atom is 0.227 e. The third-order valence-electron chi connectivity index (χ3n) is 2.70. The number of rotatable bonds is 4. The molecule has 0 aliphatic rings. The first-order valence-electron chi connectivity index (χ1n) is 5.66. The Labute approximate surface area is 116 Å². The molecule has 0 saturated carbocycles. The number of halogens is 1. The fourth-order valence-electron chi connectivity index (χ4n) is 1.66. The zero-order valence-electron chi connectivity index (χ0n) is 10.1. The maximum atomic E-state index is 12.1. The average Bonchev–Trinajstić information content (AvgIpc) is 2.84. The highest BCUT2D eigenvalue weighted by atomic mass is 35.5. The molecule has 1 aromatic heterocycles. The molecule has 0 aliphatic heterocycles. The fraction of sp³-hybridized carbons (Fsp3) is 0.214. The van der Waals surface area contributed by atoms with Crippen LogP contribution >= 0.6 is 22.9 Å². The molecule has 1 aromatic carbocycles. The van der Waals surface area contributed by atoms with Gasteiger partial charge < -0.3 is 4.90 Å². The second-order valence-electron chi connectivity index (χ2n) is 4.10. The van der Waals surface area contributed by atoms with Crippen molar-refractivity contribution < 1.29 is 4.79 Å². The van der Waals surface area contributed by atoms with Gasteiger partial charge in [0.2, 0.25) is 5.91 Å². The summed E-state index contributed by atoms with van der Waals surface area (Å²) in [5.74, 6) is 0.0801. The number of thiophene rings is 1. The molecule has 0 saturated heterocycles. The van der Waals surface area contributed by atoms with Crippen LogP contribution in [0.25, 0.3) is 0 Å². The van der Waals surface area contributed by atoms with E-state index in [1.807, 2.05) is 48.8 Å². The molecule has 0 N–H and O–H groups in total. The zero-order chi connectivity index (χ0) is 13.0. The lowest BCUT2D eigenvalue weighted by Gasteiger charge is -2.16. The molecule has 0 atom stereocenters. The highest BCUT2D eigenvalue weighted by Gasteiger charge is 2.12. The van der Waals surface area contributed by atoms with Crippen LogP contribution in [-0.4, -0.2) is 17.9 Å². The molecule has 2 nitrogen and oxygen atoms in total. The quantitative estimate of drug-likeness (QED) is 0.837. The predicted molar refractivity (Wildman–Crippen MR) is 75.9 cm³/mol. The standard InChI is InChI=1S/C14H14ClNOS/c1-16(10-12-6-4-8-18-12)14(17)9-11-5-2-3-7-13(11)15/h2-8H,9-10H2,1H3. The van der Waals surface area contributed by atoms with Crippen LogP contribution < -0.4 is 0 Å². The van der Waals surface area contributed by atoms with Gasteiger partial charge in [0.25, 0.3) is 0 Å². The largest absolute Gasteiger partial charge is 0.340 e. The topological polar surface area (TPSA) is 20.3 Å². The minimum atomic E-state index is 0.0801. The van der Waals surface area contributed by atoms with Crippen LogP contribution in [0.4, 0.5) is 0 Å². The van der Waals surface area contributed by atoms with Gasteiger partial charge >= 0.3 is 0 Å². The van der Waals surface area contributed by atoms with Gasteiger partial charge in [0, 0.05) is 16.9 Å². The van der Waals surface area contributed by atoms with Crippen LogP contribution in [0, 0.1) is 0 Å². The van der Waals surface area contributed by atoms with Crippen molar-refractivity contribution in [1.29, 1.82) is 0 Å². The van der Waals surface area contributed by atoms with Crippen LogP contribution in [0.2, 0.25) is 5.02 Å². The van der Waals surface area contributed by atoms with Crippen molar-refractivity contribution in [2.75, 3.05) is 7.05 Å². The molecule has 2 rings (SSSR count). The van der Waals surface area contributed by atoms with Crippen molar-refractivity contribution in [3.8, 4) is 0 Å². The second kappa shape index (κ2) is 6.03. The number of hydrogen-bond acceptors (Lipinski definition) is 2. The SMILES string of the molecule is CN(Cc1cccs1)C(=O)Cc1ccccc1Cl. The van der Waals surface area contributed by atoms with Crippen LogP contribution in [0.5, 0.6) is 0 Å². The van der Waals surface area contributed by atoms with Crippen LogP contribution in [0.1, 0.15) is 10.4 Å². The molecule has 0 aliphatic carbocycles. The molecule has 0 fully saturated rings. The third kappa shape index (κ3) is 3.34. The number of amides is 1. The van der Waals surface area contributed by atoms with E-state index >= 15 is 0 Å². The molecule has 2 aromatic rings. The summed E-state index contributed by atoms with van der Waals surface area (Å²) in [5.41, 5.74) is 0.877. The van der Waals surface area contributed by atoms with Gasteiger partial charge in [-0.3, -0.25) is 4.79 Å². The summed E-state index contributed by atoms with van der Waals surface area (Å²) in [7, 11) is 1.82. The fourth-order valence-corrected chi connectivity index (χ4v) is 2.62. The van der Waals surface area contributed by atoms with Gasteiger partial charge in [-0.1, -0.05) is 35.9 Å². The Hall–Kier alpha value is -1.32. The number of carbonyl (C=O) groups is 1.